The number of halogens is 7. The van der Waals surface area contributed by atoms with Gasteiger partial charge >= 0.3 is 12.3 Å². The van der Waals surface area contributed by atoms with Crippen molar-refractivity contribution < 1.29 is 35.5 Å². The van der Waals surface area contributed by atoms with E-state index in [9.17, 15) is 30.7 Å². The van der Waals surface area contributed by atoms with Crippen LogP contribution < -0.4 is 0 Å². The third kappa shape index (κ3) is 2.09. The average molecular weight is 238 g/mol. The second-order valence-electron chi connectivity index (χ2n) is 3.07. The topological polar surface area (TPSA) is 9.23 Å². The van der Waals surface area contributed by atoms with E-state index in [1.807, 2.05) is 0 Å². The molecule has 0 aliphatic carbocycles. The van der Waals surface area contributed by atoms with Crippen molar-refractivity contribution in [2.75, 3.05) is 0 Å². The van der Waals surface area contributed by atoms with E-state index in [0.29, 0.717) is 0 Å². The molecule has 88 valence electrons. The molecule has 1 rings (SSSR count). The van der Waals surface area contributed by atoms with E-state index < -0.39 is 36.0 Å². The van der Waals surface area contributed by atoms with Gasteiger partial charge in [0.25, 0.3) is 0 Å². The van der Waals surface area contributed by atoms with E-state index in [4.69, 9.17) is 0 Å². The van der Waals surface area contributed by atoms with Crippen molar-refractivity contribution in [1.29, 1.82) is 0 Å². The molecule has 0 N–H and O–H groups in total. The van der Waals surface area contributed by atoms with Crippen molar-refractivity contribution in [1.82, 2.24) is 0 Å². The minimum Gasteiger partial charge on any atom is -0.273 e. The molecular formula is C7H5F7O. The highest BCUT2D eigenvalue weighted by Gasteiger charge is 2.62. The zero-order valence-corrected chi connectivity index (χ0v) is 7.21. The normalized spacial score (nSPS) is 32.7. The smallest absolute Gasteiger partial charge is 0.273 e. The lowest BCUT2D eigenvalue weighted by molar-refractivity contribution is -0.327. The van der Waals surface area contributed by atoms with Gasteiger partial charge in [-0.25, -0.2) is 8.78 Å². The standard InChI is InChI=1S/C7H5F7O/c1-3(6(10,11)12)5(9)2-4(8)7(13,14)15-5/h2-3H,1H3. The summed E-state index contributed by atoms with van der Waals surface area (Å²) < 4.78 is 89.3. The molecule has 0 radical (unpaired) electrons. The van der Waals surface area contributed by atoms with Crippen LogP contribution in [0.2, 0.25) is 0 Å². The molecule has 0 aromatic heterocycles. The Morgan fingerprint density at radius 3 is 2.00 bits per heavy atom. The van der Waals surface area contributed by atoms with Gasteiger partial charge in [0, 0.05) is 6.08 Å². The lowest BCUT2D eigenvalue weighted by Gasteiger charge is -2.27. The third-order valence-electron chi connectivity index (χ3n) is 1.97. The quantitative estimate of drug-likeness (QED) is 0.636. The highest BCUT2D eigenvalue weighted by molar-refractivity contribution is 5.15. The molecule has 0 bridgehead atoms. The first kappa shape index (κ1) is 12.3. The molecule has 0 fully saturated rings. The Kier molecular flexibility index (Phi) is 2.54. The molecule has 15 heavy (non-hydrogen) atoms. The molecule has 1 nitrogen and oxygen atoms in total. The lowest BCUT2D eigenvalue weighted by Crippen LogP contribution is -2.41. The highest BCUT2D eigenvalue weighted by atomic mass is 19.4. The Labute approximate surface area is 79.5 Å². The van der Waals surface area contributed by atoms with Crippen molar-refractivity contribution >= 4 is 0 Å². The molecule has 0 aromatic carbocycles. The van der Waals surface area contributed by atoms with Gasteiger partial charge in [0.1, 0.15) is 5.92 Å². The fourth-order valence-electron chi connectivity index (χ4n) is 0.968. The highest BCUT2D eigenvalue weighted by Crippen LogP contribution is 2.48. The van der Waals surface area contributed by atoms with E-state index in [0.717, 1.165) is 0 Å². The first-order valence-electron chi connectivity index (χ1n) is 3.71. The van der Waals surface area contributed by atoms with Gasteiger partial charge in [0.05, 0.1) is 0 Å². The maximum atomic E-state index is 13.2. The van der Waals surface area contributed by atoms with Gasteiger partial charge in [-0.05, 0) is 6.92 Å². The summed E-state index contributed by atoms with van der Waals surface area (Å²) in [7, 11) is 0. The van der Waals surface area contributed by atoms with Crippen molar-refractivity contribution in [3.8, 4) is 0 Å². The minimum atomic E-state index is -5.11. The van der Waals surface area contributed by atoms with Crippen LogP contribution in [0.4, 0.5) is 30.7 Å². The van der Waals surface area contributed by atoms with Crippen molar-refractivity contribution in [2.45, 2.75) is 25.1 Å². The molecule has 0 saturated heterocycles. The molecule has 2 atom stereocenters. The van der Waals surface area contributed by atoms with Crippen LogP contribution in [0.15, 0.2) is 11.9 Å². The van der Waals surface area contributed by atoms with Gasteiger partial charge in [0.15, 0.2) is 0 Å². The van der Waals surface area contributed by atoms with Crippen LogP contribution in [0.3, 0.4) is 0 Å². The molecule has 0 amide bonds. The van der Waals surface area contributed by atoms with Gasteiger partial charge < -0.3 is 0 Å². The minimum absolute atomic E-state index is 0.283. The average Bonchev–Trinajstić information content (AvgIpc) is 2.19. The number of ether oxygens (including phenoxy) is 1. The number of alkyl halides is 6. The second kappa shape index (κ2) is 3.10. The summed E-state index contributed by atoms with van der Waals surface area (Å²) in [6.45, 7) is 0.283. The Morgan fingerprint density at radius 2 is 1.73 bits per heavy atom. The summed E-state index contributed by atoms with van der Waals surface area (Å²) in [6.07, 6.45) is -10.2. The first-order valence-corrected chi connectivity index (χ1v) is 3.71. The van der Waals surface area contributed by atoms with E-state index in [1.54, 1.807) is 0 Å². The van der Waals surface area contributed by atoms with Crippen LogP contribution in [0.1, 0.15) is 6.92 Å². The van der Waals surface area contributed by atoms with Crippen LogP contribution in [0, 0.1) is 5.92 Å². The first-order chi connectivity index (χ1) is 6.49. The van der Waals surface area contributed by atoms with Crippen LogP contribution in [-0.2, 0) is 4.74 Å². The Morgan fingerprint density at radius 1 is 1.27 bits per heavy atom. The molecule has 2 unspecified atom stereocenters. The second-order valence-corrected chi connectivity index (χ2v) is 3.07. The molecule has 0 saturated carbocycles. The summed E-state index contributed by atoms with van der Waals surface area (Å²) in [4.78, 5) is 0. The molecule has 1 aliphatic heterocycles. The summed E-state index contributed by atoms with van der Waals surface area (Å²) in [5.41, 5.74) is 0. The number of rotatable bonds is 1. The van der Waals surface area contributed by atoms with Gasteiger partial charge in [0.2, 0.25) is 11.7 Å². The predicted octanol–water partition coefficient (Wildman–Crippen LogP) is 3.33. The predicted molar refractivity (Wildman–Crippen MR) is 34.3 cm³/mol. The Hall–Kier alpha value is -0.790. The molecular weight excluding hydrogens is 233 g/mol. The maximum Gasteiger partial charge on any atom is 0.412 e. The van der Waals surface area contributed by atoms with Gasteiger partial charge in [-0.15, -0.1) is 0 Å². The zero-order chi connectivity index (χ0) is 12.1. The van der Waals surface area contributed by atoms with Crippen LogP contribution in [0.25, 0.3) is 0 Å². The largest absolute Gasteiger partial charge is 0.412 e. The van der Waals surface area contributed by atoms with Gasteiger partial charge in [-0.1, -0.05) is 0 Å². The van der Waals surface area contributed by atoms with Gasteiger partial charge in [-0.2, -0.15) is 22.0 Å². The van der Waals surface area contributed by atoms with E-state index >= 15 is 0 Å². The molecule has 1 aliphatic rings. The fraction of sp³-hybridized carbons (Fsp3) is 0.714. The monoisotopic (exact) mass is 238 g/mol. The molecule has 0 spiro atoms. The van der Waals surface area contributed by atoms with E-state index in [-0.39, 0.29) is 6.92 Å². The molecule has 0 aromatic rings. The van der Waals surface area contributed by atoms with Crippen LogP contribution in [0.5, 0.6) is 0 Å². The molecule has 1 heterocycles. The van der Waals surface area contributed by atoms with Crippen LogP contribution in [-0.4, -0.2) is 18.1 Å². The SMILES string of the molecule is CC(C(F)(F)F)C1(F)C=C(F)C(F)(F)O1. The molecule has 8 heteroatoms. The summed E-state index contributed by atoms with van der Waals surface area (Å²) in [6, 6.07) is 0. The van der Waals surface area contributed by atoms with Crippen molar-refractivity contribution in [3.05, 3.63) is 11.9 Å². The maximum absolute atomic E-state index is 13.2. The summed E-state index contributed by atoms with van der Waals surface area (Å²) in [5.74, 6) is -9.11. The zero-order valence-electron chi connectivity index (χ0n) is 7.21. The lowest BCUT2D eigenvalue weighted by atomic mass is 10.0. The summed E-state index contributed by atoms with van der Waals surface area (Å²) >= 11 is 0. The Balaban J connectivity index is 2.99. The van der Waals surface area contributed by atoms with Crippen molar-refractivity contribution in [2.24, 2.45) is 5.92 Å². The Bertz CT molecular complexity index is 294. The number of hydrogen-bond donors (Lipinski definition) is 0. The summed E-state index contributed by atoms with van der Waals surface area (Å²) in [5, 5.41) is 0. The van der Waals surface area contributed by atoms with E-state index in [2.05, 4.69) is 4.74 Å². The fourth-order valence-corrected chi connectivity index (χ4v) is 0.968. The number of hydrogen-bond acceptors (Lipinski definition) is 1. The van der Waals surface area contributed by atoms with Gasteiger partial charge in [-0.3, -0.25) is 4.74 Å². The third-order valence-corrected chi connectivity index (χ3v) is 1.97. The van der Waals surface area contributed by atoms with Crippen LogP contribution >= 0.6 is 0 Å². The van der Waals surface area contributed by atoms with E-state index in [1.165, 1.54) is 0 Å². The van der Waals surface area contributed by atoms with Crippen molar-refractivity contribution in [3.63, 3.8) is 0 Å².